The van der Waals surface area contributed by atoms with Gasteiger partial charge in [0.15, 0.2) is 0 Å². The first-order valence-electron chi connectivity index (χ1n) is 6.45. The van der Waals surface area contributed by atoms with Gasteiger partial charge in [-0.05, 0) is 18.5 Å². The molecule has 0 saturated carbocycles. The van der Waals surface area contributed by atoms with Crippen LogP contribution in [-0.2, 0) is 11.3 Å². The summed E-state index contributed by atoms with van der Waals surface area (Å²) < 4.78 is 0. The van der Waals surface area contributed by atoms with E-state index in [-0.39, 0.29) is 11.8 Å². The van der Waals surface area contributed by atoms with Crippen molar-refractivity contribution in [2.24, 2.45) is 11.0 Å². The first-order chi connectivity index (χ1) is 8.83. The summed E-state index contributed by atoms with van der Waals surface area (Å²) in [5, 5.41) is 4.13. The van der Waals surface area contributed by atoms with E-state index in [2.05, 4.69) is 39.7 Å². The zero-order chi connectivity index (χ0) is 12.4. The summed E-state index contributed by atoms with van der Waals surface area (Å²) in [5.41, 5.74) is 4.95. The number of nitrogens with one attached hydrogen (secondary N) is 1. The number of fused-ring (bicyclic) bond motifs is 1. The molecule has 1 N–H and O–H groups in total. The van der Waals surface area contributed by atoms with Crippen LogP contribution in [0.3, 0.4) is 0 Å². The van der Waals surface area contributed by atoms with Crippen LogP contribution < -0.4 is 5.43 Å². The van der Waals surface area contributed by atoms with Gasteiger partial charge >= 0.3 is 0 Å². The zero-order valence-corrected chi connectivity index (χ0v) is 10.3. The van der Waals surface area contributed by atoms with E-state index in [0.717, 1.165) is 38.2 Å². The lowest BCUT2D eigenvalue weighted by molar-refractivity contribution is -0.122. The van der Waals surface area contributed by atoms with Crippen LogP contribution in [0.1, 0.15) is 18.4 Å². The number of nitrogens with zero attached hydrogens (tertiary/aromatic N) is 2. The first-order valence-corrected chi connectivity index (χ1v) is 6.45. The van der Waals surface area contributed by atoms with E-state index < -0.39 is 0 Å². The van der Waals surface area contributed by atoms with Crippen LogP contribution in [0.15, 0.2) is 35.4 Å². The van der Waals surface area contributed by atoms with Gasteiger partial charge in [-0.2, -0.15) is 5.10 Å². The molecule has 1 aromatic rings. The van der Waals surface area contributed by atoms with E-state index in [1.807, 2.05) is 6.07 Å². The predicted molar refractivity (Wildman–Crippen MR) is 70.0 cm³/mol. The maximum Gasteiger partial charge on any atom is 0.248 e. The van der Waals surface area contributed by atoms with Gasteiger partial charge in [-0.1, -0.05) is 30.3 Å². The Hall–Kier alpha value is -1.68. The van der Waals surface area contributed by atoms with E-state index in [1.165, 1.54) is 5.56 Å². The molecule has 94 valence electrons. The number of hydrogen-bond acceptors (Lipinski definition) is 3. The standard InChI is InChI=1S/C14H17N3O/c18-14-12-6-8-17(9-7-13(12)15-16-14)10-11-4-2-1-3-5-11/h1-5,12H,6-10H2,(H,16,18). The van der Waals surface area contributed by atoms with Crippen molar-refractivity contribution in [3.63, 3.8) is 0 Å². The number of rotatable bonds is 2. The summed E-state index contributed by atoms with van der Waals surface area (Å²) in [4.78, 5) is 14.0. The van der Waals surface area contributed by atoms with Crippen LogP contribution in [-0.4, -0.2) is 29.6 Å². The number of carbonyl (C=O) groups is 1. The third-order valence-electron chi connectivity index (χ3n) is 3.70. The lowest BCUT2D eigenvalue weighted by Gasteiger charge is -2.19. The van der Waals surface area contributed by atoms with Crippen LogP contribution in [0, 0.1) is 5.92 Å². The van der Waals surface area contributed by atoms with Gasteiger partial charge < -0.3 is 0 Å². The Balaban J connectivity index is 1.65. The molecule has 2 aliphatic rings. The summed E-state index contributed by atoms with van der Waals surface area (Å²) in [6.45, 7) is 2.91. The number of carbonyl (C=O) groups excluding carboxylic acids is 1. The normalized spacial score (nSPS) is 24.1. The van der Waals surface area contributed by atoms with Crippen molar-refractivity contribution in [3.8, 4) is 0 Å². The Morgan fingerprint density at radius 2 is 2.11 bits per heavy atom. The molecule has 1 fully saturated rings. The fourth-order valence-electron chi connectivity index (χ4n) is 2.66. The Morgan fingerprint density at radius 1 is 1.28 bits per heavy atom. The minimum atomic E-state index is 0.0192. The highest BCUT2D eigenvalue weighted by Gasteiger charge is 2.32. The number of hydrazone groups is 1. The highest BCUT2D eigenvalue weighted by atomic mass is 16.2. The SMILES string of the molecule is O=C1NN=C2CCN(Cc3ccccc3)CCC12. The van der Waals surface area contributed by atoms with Gasteiger partial charge in [0.25, 0.3) is 0 Å². The van der Waals surface area contributed by atoms with Gasteiger partial charge in [-0.15, -0.1) is 0 Å². The van der Waals surface area contributed by atoms with E-state index >= 15 is 0 Å². The lowest BCUT2D eigenvalue weighted by atomic mass is 9.99. The van der Waals surface area contributed by atoms with Crippen molar-refractivity contribution in [1.29, 1.82) is 0 Å². The topological polar surface area (TPSA) is 44.7 Å². The van der Waals surface area contributed by atoms with E-state index in [0.29, 0.717) is 0 Å². The molecule has 0 aromatic heterocycles. The van der Waals surface area contributed by atoms with Gasteiger partial charge in [-0.3, -0.25) is 9.69 Å². The van der Waals surface area contributed by atoms with E-state index in [4.69, 9.17) is 0 Å². The van der Waals surface area contributed by atoms with Gasteiger partial charge in [0.05, 0.1) is 11.6 Å². The maximum atomic E-state index is 11.6. The predicted octanol–water partition coefficient (Wildman–Crippen LogP) is 1.38. The van der Waals surface area contributed by atoms with Crippen molar-refractivity contribution in [2.75, 3.05) is 13.1 Å². The van der Waals surface area contributed by atoms with Crippen molar-refractivity contribution >= 4 is 11.6 Å². The monoisotopic (exact) mass is 243 g/mol. The summed E-state index contributed by atoms with van der Waals surface area (Å²) >= 11 is 0. The van der Waals surface area contributed by atoms with Gasteiger partial charge in [0, 0.05) is 19.5 Å². The second kappa shape index (κ2) is 4.90. The fraction of sp³-hybridized carbons (Fsp3) is 0.429. The molecular weight excluding hydrogens is 226 g/mol. The molecular formula is C14H17N3O. The highest BCUT2D eigenvalue weighted by Crippen LogP contribution is 2.20. The molecule has 4 heteroatoms. The molecule has 1 aromatic carbocycles. The van der Waals surface area contributed by atoms with Crippen LogP contribution >= 0.6 is 0 Å². The Morgan fingerprint density at radius 3 is 2.94 bits per heavy atom. The molecule has 2 heterocycles. The Bertz CT molecular complexity index is 469. The Kier molecular flexibility index (Phi) is 3.11. The summed E-state index contributed by atoms with van der Waals surface area (Å²) in [6.07, 6.45) is 1.79. The second-order valence-electron chi connectivity index (χ2n) is 4.93. The number of amides is 1. The summed E-state index contributed by atoms with van der Waals surface area (Å²) in [5.74, 6) is 0.0948. The van der Waals surface area contributed by atoms with E-state index in [1.54, 1.807) is 0 Å². The number of likely N-dealkylation sites (tertiary alicyclic amines) is 1. The van der Waals surface area contributed by atoms with Gasteiger partial charge in [0.1, 0.15) is 0 Å². The number of benzene rings is 1. The molecule has 0 radical (unpaired) electrons. The molecule has 1 saturated heterocycles. The van der Waals surface area contributed by atoms with Gasteiger partial charge in [-0.25, -0.2) is 5.43 Å². The summed E-state index contributed by atoms with van der Waals surface area (Å²) in [7, 11) is 0. The van der Waals surface area contributed by atoms with Gasteiger partial charge in [0.2, 0.25) is 5.91 Å². The third-order valence-corrected chi connectivity index (χ3v) is 3.70. The second-order valence-corrected chi connectivity index (χ2v) is 4.93. The maximum absolute atomic E-state index is 11.6. The lowest BCUT2D eigenvalue weighted by Crippen LogP contribution is -2.26. The average Bonchev–Trinajstić information content (AvgIpc) is 2.63. The van der Waals surface area contributed by atoms with Crippen molar-refractivity contribution in [3.05, 3.63) is 35.9 Å². The van der Waals surface area contributed by atoms with Crippen molar-refractivity contribution in [1.82, 2.24) is 10.3 Å². The molecule has 0 aliphatic carbocycles. The summed E-state index contributed by atoms with van der Waals surface area (Å²) in [6, 6.07) is 10.5. The first kappa shape index (κ1) is 11.4. The van der Waals surface area contributed by atoms with Crippen LogP contribution in [0.2, 0.25) is 0 Å². The Labute approximate surface area is 107 Å². The molecule has 1 atom stereocenters. The van der Waals surface area contributed by atoms with Crippen LogP contribution in [0.4, 0.5) is 0 Å². The smallest absolute Gasteiger partial charge is 0.248 e. The highest BCUT2D eigenvalue weighted by molar-refractivity contribution is 6.08. The van der Waals surface area contributed by atoms with Crippen molar-refractivity contribution in [2.45, 2.75) is 19.4 Å². The third kappa shape index (κ3) is 2.29. The minimum Gasteiger partial charge on any atom is -0.299 e. The molecule has 2 aliphatic heterocycles. The molecule has 0 bridgehead atoms. The molecule has 1 unspecified atom stereocenters. The molecule has 0 spiro atoms. The number of hydrogen-bond donors (Lipinski definition) is 1. The zero-order valence-electron chi connectivity index (χ0n) is 10.3. The van der Waals surface area contributed by atoms with Crippen LogP contribution in [0.25, 0.3) is 0 Å². The van der Waals surface area contributed by atoms with Crippen molar-refractivity contribution < 1.29 is 4.79 Å². The van der Waals surface area contributed by atoms with E-state index in [9.17, 15) is 4.79 Å². The largest absolute Gasteiger partial charge is 0.299 e. The minimum absolute atomic E-state index is 0.0192. The molecule has 3 rings (SSSR count). The average molecular weight is 243 g/mol. The fourth-order valence-corrected chi connectivity index (χ4v) is 2.66. The quantitative estimate of drug-likeness (QED) is 0.853. The molecule has 1 amide bonds. The molecule has 18 heavy (non-hydrogen) atoms. The van der Waals surface area contributed by atoms with Crippen LogP contribution in [0.5, 0.6) is 0 Å². The molecule has 4 nitrogen and oxygen atoms in total.